The van der Waals surface area contributed by atoms with Crippen LogP contribution in [0.15, 0.2) is 42.5 Å². The molecule has 0 radical (unpaired) electrons. The van der Waals surface area contributed by atoms with Gasteiger partial charge in [0.25, 0.3) is 5.91 Å². The van der Waals surface area contributed by atoms with Crippen LogP contribution in [0.3, 0.4) is 0 Å². The van der Waals surface area contributed by atoms with Gasteiger partial charge in [-0.3, -0.25) is 9.69 Å². The zero-order chi connectivity index (χ0) is 16.2. The summed E-state index contributed by atoms with van der Waals surface area (Å²) >= 11 is 1.30. The molecular weight excluding hydrogens is 316 g/mol. The van der Waals surface area contributed by atoms with Gasteiger partial charge >= 0.3 is 12.0 Å². The molecule has 2 aromatic rings. The lowest BCUT2D eigenvalue weighted by Gasteiger charge is -2.11. The summed E-state index contributed by atoms with van der Waals surface area (Å²) in [6.45, 7) is 0.279. The number of nitrogens with one attached hydrogen (secondary N) is 1. The molecule has 1 saturated heterocycles. The molecule has 0 bridgehead atoms. The van der Waals surface area contributed by atoms with Crippen LogP contribution in [0, 0.1) is 0 Å². The van der Waals surface area contributed by atoms with Crippen LogP contribution in [0.4, 0.5) is 4.79 Å². The molecular formula is C16H14N2O4S. The highest BCUT2D eigenvalue weighted by Crippen LogP contribution is 2.28. The number of imide groups is 1. The van der Waals surface area contributed by atoms with Crippen LogP contribution in [0.25, 0.3) is 10.4 Å². The normalized spacial score (nSPS) is 13.7. The van der Waals surface area contributed by atoms with E-state index in [-0.39, 0.29) is 0 Å². The van der Waals surface area contributed by atoms with Crippen LogP contribution < -0.4 is 5.32 Å². The van der Waals surface area contributed by atoms with Gasteiger partial charge in [0.15, 0.2) is 6.61 Å². The molecule has 1 fully saturated rings. The molecule has 0 spiro atoms. The average molecular weight is 330 g/mol. The number of esters is 1. The summed E-state index contributed by atoms with van der Waals surface area (Å²) in [6.07, 6.45) is 0. The second-order valence-electron chi connectivity index (χ2n) is 4.88. The van der Waals surface area contributed by atoms with Crippen molar-refractivity contribution in [2.24, 2.45) is 0 Å². The molecule has 1 aliphatic heterocycles. The minimum atomic E-state index is -0.565. The first-order valence-electron chi connectivity index (χ1n) is 7.06. The maximum absolute atomic E-state index is 12.0. The Hall–Kier alpha value is -2.67. The summed E-state index contributed by atoms with van der Waals surface area (Å²) in [7, 11) is 0. The summed E-state index contributed by atoms with van der Waals surface area (Å²) in [5, 5.41) is 2.52. The van der Waals surface area contributed by atoms with E-state index in [2.05, 4.69) is 5.32 Å². The van der Waals surface area contributed by atoms with Crippen molar-refractivity contribution in [1.82, 2.24) is 10.2 Å². The third-order valence-electron chi connectivity index (χ3n) is 3.35. The molecule has 7 heteroatoms. The molecule has 1 aromatic heterocycles. The van der Waals surface area contributed by atoms with Crippen LogP contribution in [-0.2, 0) is 9.53 Å². The summed E-state index contributed by atoms with van der Waals surface area (Å²) < 4.78 is 5.00. The summed E-state index contributed by atoms with van der Waals surface area (Å²) in [5.74, 6) is -1.08. The molecule has 1 aliphatic rings. The van der Waals surface area contributed by atoms with Crippen LogP contribution >= 0.6 is 11.3 Å². The van der Waals surface area contributed by atoms with Crippen LogP contribution in [-0.4, -0.2) is 42.5 Å². The van der Waals surface area contributed by atoms with Crippen molar-refractivity contribution in [1.29, 1.82) is 0 Å². The number of rotatable bonds is 4. The standard InChI is InChI=1S/C16H14N2O4S/c19-14(18-9-8-17-16(18)21)10-22-15(20)13-7-6-12(23-13)11-4-2-1-3-5-11/h1-7H,8-10H2,(H,17,21). The average Bonchev–Trinajstić information content (AvgIpc) is 3.22. The predicted octanol–water partition coefficient (Wildman–Crippen LogP) is 2.12. The highest BCUT2D eigenvalue weighted by Gasteiger charge is 2.27. The van der Waals surface area contributed by atoms with Crippen molar-refractivity contribution in [3.8, 4) is 10.4 Å². The lowest BCUT2D eigenvalue weighted by Crippen LogP contribution is -2.37. The smallest absolute Gasteiger partial charge is 0.348 e. The van der Waals surface area contributed by atoms with Crippen molar-refractivity contribution in [2.45, 2.75) is 0 Å². The van der Waals surface area contributed by atoms with Crippen molar-refractivity contribution >= 4 is 29.2 Å². The SMILES string of the molecule is O=C(OCC(=O)N1CCNC1=O)c1ccc(-c2ccccc2)s1. The quantitative estimate of drug-likeness (QED) is 0.871. The topological polar surface area (TPSA) is 75.7 Å². The maximum Gasteiger partial charge on any atom is 0.348 e. The molecule has 2 heterocycles. The molecule has 23 heavy (non-hydrogen) atoms. The highest BCUT2D eigenvalue weighted by molar-refractivity contribution is 7.17. The van der Waals surface area contributed by atoms with Gasteiger partial charge in [0.05, 0.1) is 0 Å². The molecule has 0 unspecified atom stereocenters. The Labute approximate surface area is 136 Å². The lowest BCUT2D eigenvalue weighted by atomic mass is 10.2. The Balaban J connectivity index is 1.60. The van der Waals surface area contributed by atoms with E-state index in [4.69, 9.17) is 4.74 Å². The second kappa shape index (κ2) is 6.62. The van der Waals surface area contributed by atoms with E-state index in [0.717, 1.165) is 15.3 Å². The second-order valence-corrected chi connectivity index (χ2v) is 5.97. The Morgan fingerprint density at radius 3 is 2.65 bits per heavy atom. The zero-order valence-electron chi connectivity index (χ0n) is 12.2. The van der Waals surface area contributed by atoms with Gasteiger partial charge in [0.1, 0.15) is 4.88 Å². The van der Waals surface area contributed by atoms with E-state index in [9.17, 15) is 14.4 Å². The number of amides is 3. The number of hydrogen-bond donors (Lipinski definition) is 1. The Morgan fingerprint density at radius 2 is 1.96 bits per heavy atom. The number of carbonyl (C=O) groups is 3. The van der Waals surface area contributed by atoms with Gasteiger partial charge < -0.3 is 10.1 Å². The van der Waals surface area contributed by atoms with E-state index in [1.807, 2.05) is 36.4 Å². The van der Waals surface area contributed by atoms with Crippen LogP contribution in [0.2, 0.25) is 0 Å². The third-order valence-corrected chi connectivity index (χ3v) is 4.46. The molecule has 3 amide bonds. The van der Waals surface area contributed by atoms with E-state index >= 15 is 0 Å². The van der Waals surface area contributed by atoms with Gasteiger partial charge in [-0.25, -0.2) is 9.59 Å². The van der Waals surface area contributed by atoms with Crippen molar-refractivity contribution in [2.75, 3.05) is 19.7 Å². The van der Waals surface area contributed by atoms with Crippen LogP contribution in [0.1, 0.15) is 9.67 Å². The lowest BCUT2D eigenvalue weighted by molar-refractivity contribution is -0.130. The molecule has 0 aliphatic carbocycles. The van der Waals surface area contributed by atoms with Gasteiger partial charge in [-0.2, -0.15) is 0 Å². The fourth-order valence-electron chi connectivity index (χ4n) is 2.19. The number of ether oxygens (including phenoxy) is 1. The Bertz CT molecular complexity index is 742. The molecule has 0 atom stereocenters. The Morgan fingerprint density at radius 1 is 1.17 bits per heavy atom. The summed E-state index contributed by atoms with van der Waals surface area (Å²) in [4.78, 5) is 37.6. The summed E-state index contributed by atoms with van der Waals surface area (Å²) in [5.41, 5.74) is 1.02. The maximum atomic E-state index is 12.0. The van der Waals surface area contributed by atoms with Gasteiger partial charge in [0, 0.05) is 18.0 Å². The van der Waals surface area contributed by atoms with E-state index in [1.165, 1.54) is 11.3 Å². The predicted molar refractivity (Wildman–Crippen MR) is 85.1 cm³/mol. The molecule has 6 nitrogen and oxygen atoms in total. The first-order chi connectivity index (χ1) is 11.1. The minimum Gasteiger partial charge on any atom is -0.451 e. The van der Waals surface area contributed by atoms with Gasteiger partial charge in [-0.05, 0) is 17.7 Å². The monoisotopic (exact) mass is 330 g/mol. The number of benzene rings is 1. The number of thiophene rings is 1. The number of urea groups is 1. The fourth-order valence-corrected chi connectivity index (χ4v) is 3.10. The first kappa shape index (κ1) is 15.2. The summed E-state index contributed by atoms with van der Waals surface area (Å²) in [6, 6.07) is 12.7. The van der Waals surface area contributed by atoms with Crippen molar-refractivity contribution in [3.63, 3.8) is 0 Å². The van der Waals surface area contributed by atoms with E-state index in [1.54, 1.807) is 6.07 Å². The molecule has 1 aromatic carbocycles. The molecule has 118 valence electrons. The highest BCUT2D eigenvalue weighted by atomic mass is 32.1. The molecule has 1 N–H and O–H groups in total. The first-order valence-corrected chi connectivity index (χ1v) is 7.87. The molecule has 0 saturated carbocycles. The van der Waals surface area contributed by atoms with E-state index < -0.39 is 24.5 Å². The van der Waals surface area contributed by atoms with Gasteiger partial charge in [-0.1, -0.05) is 30.3 Å². The van der Waals surface area contributed by atoms with Gasteiger partial charge in [0.2, 0.25) is 0 Å². The number of carbonyl (C=O) groups excluding carboxylic acids is 3. The number of nitrogens with zero attached hydrogens (tertiary/aromatic N) is 1. The van der Waals surface area contributed by atoms with Crippen LogP contribution in [0.5, 0.6) is 0 Å². The fraction of sp³-hybridized carbons (Fsp3) is 0.188. The minimum absolute atomic E-state index is 0.298. The van der Waals surface area contributed by atoms with Gasteiger partial charge in [-0.15, -0.1) is 11.3 Å². The third kappa shape index (κ3) is 3.40. The Kier molecular flexibility index (Phi) is 4.38. The van der Waals surface area contributed by atoms with Crippen molar-refractivity contribution in [3.05, 3.63) is 47.3 Å². The van der Waals surface area contributed by atoms with E-state index in [0.29, 0.717) is 18.0 Å². The number of hydrogen-bond acceptors (Lipinski definition) is 5. The molecule has 3 rings (SSSR count). The largest absolute Gasteiger partial charge is 0.451 e. The van der Waals surface area contributed by atoms with Crippen molar-refractivity contribution < 1.29 is 19.1 Å². The zero-order valence-corrected chi connectivity index (χ0v) is 13.0.